The topological polar surface area (TPSA) is 77.0 Å². The fourth-order valence-corrected chi connectivity index (χ4v) is 2.51. The molecule has 0 radical (unpaired) electrons. The second-order valence-electron chi connectivity index (χ2n) is 5.09. The van der Waals surface area contributed by atoms with Crippen LogP contribution < -0.4 is 5.32 Å². The van der Waals surface area contributed by atoms with Gasteiger partial charge >= 0.3 is 5.97 Å². The van der Waals surface area contributed by atoms with E-state index in [1.165, 1.54) is 43.9 Å². The molecule has 0 atom stereocenters. The first-order valence-electron chi connectivity index (χ1n) is 8.30. The highest BCUT2D eigenvalue weighted by Crippen LogP contribution is 2.28. The van der Waals surface area contributed by atoms with Crippen molar-refractivity contribution in [3.05, 3.63) is 59.3 Å². The Labute approximate surface area is 172 Å². The first kappa shape index (κ1) is 21.6. The third kappa shape index (κ3) is 4.96. The minimum absolute atomic E-state index is 0.124. The minimum atomic E-state index is -0.559. The summed E-state index contributed by atoms with van der Waals surface area (Å²) in [6.07, 6.45) is 4.30. The van der Waals surface area contributed by atoms with E-state index >= 15 is 0 Å². The number of carbonyl (C=O) groups excluding carboxylic acids is 1. The van der Waals surface area contributed by atoms with E-state index < -0.39 is 11.8 Å². The number of thiol groups is 1. The van der Waals surface area contributed by atoms with Crippen LogP contribution in [0.15, 0.2) is 47.8 Å². The Morgan fingerprint density at radius 3 is 2.71 bits per heavy atom. The Morgan fingerprint density at radius 2 is 2.00 bits per heavy atom. The number of pyridine rings is 1. The number of nitrogens with one attached hydrogen (secondary N) is 1. The number of ether oxygens (including phenoxy) is 1. The van der Waals surface area contributed by atoms with Crippen LogP contribution >= 0.6 is 24.2 Å². The van der Waals surface area contributed by atoms with Crippen LogP contribution in [0.5, 0.6) is 0 Å². The molecule has 9 heteroatoms. The zero-order valence-corrected chi connectivity index (χ0v) is 17.1. The number of anilines is 2. The molecule has 6 nitrogen and oxygen atoms in total. The lowest BCUT2D eigenvalue weighted by atomic mass is 10.2. The molecule has 2 aromatic heterocycles. The highest BCUT2D eigenvalue weighted by molar-refractivity contribution is 7.80. The number of benzene rings is 1. The molecule has 1 N–H and O–H groups in total. The Kier molecular flexibility index (Phi) is 7.71. The molecular weight excluding hydrogens is 403 g/mol. The molecule has 0 fully saturated rings. The van der Waals surface area contributed by atoms with Gasteiger partial charge in [-0.1, -0.05) is 25.4 Å². The Morgan fingerprint density at radius 1 is 1.25 bits per heavy atom. The number of hydrogen-bond acceptors (Lipinski definition) is 7. The molecule has 1 aromatic carbocycles. The van der Waals surface area contributed by atoms with Gasteiger partial charge in [-0.05, 0) is 24.3 Å². The van der Waals surface area contributed by atoms with Crippen LogP contribution in [-0.2, 0) is 4.74 Å². The van der Waals surface area contributed by atoms with Crippen molar-refractivity contribution in [1.29, 1.82) is 0 Å². The van der Waals surface area contributed by atoms with Crippen LogP contribution in [0.3, 0.4) is 0 Å². The van der Waals surface area contributed by atoms with Crippen molar-refractivity contribution in [2.75, 3.05) is 12.4 Å². The summed E-state index contributed by atoms with van der Waals surface area (Å²) in [5.41, 5.74) is 0.784. The molecule has 0 saturated carbocycles. The first-order valence-corrected chi connectivity index (χ1v) is 9.13. The molecule has 0 bridgehead atoms. The van der Waals surface area contributed by atoms with Crippen LogP contribution in [0.2, 0.25) is 5.02 Å². The molecule has 0 unspecified atom stereocenters. The summed E-state index contributed by atoms with van der Waals surface area (Å²) in [6, 6.07) is 5.69. The Balaban J connectivity index is 0.00000136. The summed E-state index contributed by atoms with van der Waals surface area (Å²) in [6.45, 7) is 4.00. The number of esters is 1. The van der Waals surface area contributed by atoms with Gasteiger partial charge in [-0.2, -0.15) is 0 Å². The third-order valence-electron chi connectivity index (χ3n) is 3.42. The normalized spacial score (nSPS) is 9.93. The summed E-state index contributed by atoms with van der Waals surface area (Å²) < 4.78 is 18.8. The Hall–Kier alpha value is -2.71. The summed E-state index contributed by atoms with van der Waals surface area (Å²) in [7, 11) is 1.27. The number of halogens is 2. The van der Waals surface area contributed by atoms with E-state index in [2.05, 4.69) is 32.9 Å². The summed E-state index contributed by atoms with van der Waals surface area (Å²) in [4.78, 5) is 24.6. The van der Waals surface area contributed by atoms with Gasteiger partial charge in [0.2, 0.25) is 0 Å². The van der Waals surface area contributed by atoms with Gasteiger partial charge in [-0.3, -0.25) is 4.98 Å². The van der Waals surface area contributed by atoms with Crippen LogP contribution in [0, 0.1) is 5.82 Å². The van der Waals surface area contributed by atoms with E-state index in [9.17, 15) is 9.18 Å². The van der Waals surface area contributed by atoms with Gasteiger partial charge < -0.3 is 10.1 Å². The number of carbonyl (C=O) groups is 1. The van der Waals surface area contributed by atoms with Crippen molar-refractivity contribution in [1.82, 2.24) is 15.0 Å². The SMILES string of the molecule is CC.COC(=O)c1cnccc1Nc1nc(-c2cc(Cl)ccc2F)ncc1S. The smallest absolute Gasteiger partial charge is 0.341 e. The molecular formula is C19H18ClFN4O2S. The van der Waals surface area contributed by atoms with Crippen LogP contribution in [0.25, 0.3) is 11.4 Å². The van der Waals surface area contributed by atoms with Crippen LogP contribution in [-0.4, -0.2) is 28.0 Å². The second kappa shape index (κ2) is 10.0. The fraction of sp³-hybridized carbons (Fsp3) is 0.158. The standard InChI is InChI=1S/C17H12ClFN4O2S.C2H6/c1-25-17(24)11-7-20-5-4-13(11)22-16-14(26)8-21-15(23-16)10-6-9(18)2-3-12(10)19;1-2/h2-8,26H,1H3,(H,20,21,22,23);1-2H3. The van der Waals surface area contributed by atoms with Gasteiger partial charge in [-0.15, -0.1) is 12.6 Å². The van der Waals surface area contributed by atoms with Gasteiger partial charge in [-0.25, -0.2) is 19.2 Å². The molecule has 146 valence electrons. The fourth-order valence-electron chi connectivity index (χ4n) is 2.17. The van der Waals surface area contributed by atoms with Gasteiger partial charge in [0.05, 0.1) is 23.3 Å². The van der Waals surface area contributed by atoms with Gasteiger partial charge in [0.25, 0.3) is 0 Å². The first-order chi connectivity index (χ1) is 13.5. The highest BCUT2D eigenvalue weighted by atomic mass is 35.5. The van der Waals surface area contributed by atoms with Crippen molar-refractivity contribution in [2.24, 2.45) is 0 Å². The largest absolute Gasteiger partial charge is 0.465 e. The average Bonchev–Trinajstić information content (AvgIpc) is 2.73. The second-order valence-corrected chi connectivity index (χ2v) is 6.01. The summed E-state index contributed by atoms with van der Waals surface area (Å²) in [5, 5.41) is 3.33. The average molecular weight is 421 g/mol. The van der Waals surface area contributed by atoms with E-state index in [1.807, 2.05) is 13.8 Å². The third-order valence-corrected chi connectivity index (χ3v) is 3.98. The summed E-state index contributed by atoms with van der Waals surface area (Å²) >= 11 is 10.2. The maximum atomic E-state index is 14.1. The van der Waals surface area contributed by atoms with Crippen molar-refractivity contribution >= 4 is 41.7 Å². The molecule has 0 spiro atoms. The molecule has 0 aliphatic heterocycles. The highest BCUT2D eigenvalue weighted by Gasteiger charge is 2.15. The zero-order chi connectivity index (χ0) is 20.7. The lowest BCUT2D eigenvalue weighted by Crippen LogP contribution is -2.07. The van der Waals surface area contributed by atoms with E-state index in [4.69, 9.17) is 16.3 Å². The maximum Gasteiger partial charge on any atom is 0.341 e. The number of methoxy groups -OCH3 is 1. The van der Waals surface area contributed by atoms with E-state index in [0.717, 1.165) is 0 Å². The molecule has 28 heavy (non-hydrogen) atoms. The molecule has 0 amide bonds. The number of aromatic nitrogens is 3. The zero-order valence-electron chi connectivity index (χ0n) is 15.4. The lowest BCUT2D eigenvalue weighted by Gasteiger charge is -2.12. The quantitative estimate of drug-likeness (QED) is 0.447. The molecule has 0 aliphatic carbocycles. The number of rotatable bonds is 4. The predicted molar refractivity (Wildman–Crippen MR) is 110 cm³/mol. The molecule has 3 rings (SSSR count). The van der Waals surface area contributed by atoms with Gasteiger partial charge in [0.15, 0.2) is 5.82 Å². The monoisotopic (exact) mass is 420 g/mol. The molecule has 3 aromatic rings. The van der Waals surface area contributed by atoms with Crippen molar-refractivity contribution in [3.8, 4) is 11.4 Å². The predicted octanol–water partition coefficient (Wildman–Crippen LogP) is 5.18. The van der Waals surface area contributed by atoms with E-state index in [0.29, 0.717) is 15.6 Å². The number of hydrogen-bond donors (Lipinski definition) is 2. The van der Waals surface area contributed by atoms with E-state index in [1.54, 1.807) is 6.07 Å². The van der Waals surface area contributed by atoms with Crippen molar-refractivity contribution in [3.63, 3.8) is 0 Å². The lowest BCUT2D eigenvalue weighted by molar-refractivity contribution is 0.0601. The summed E-state index contributed by atoms with van der Waals surface area (Å²) in [5.74, 6) is -0.657. The minimum Gasteiger partial charge on any atom is -0.465 e. The van der Waals surface area contributed by atoms with Gasteiger partial charge in [0, 0.05) is 23.6 Å². The molecule has 0 aliphatic rings. The van der Waals surface area contributed by atoms with Crippen molar-refractivity contribution in [2.45, 2.75) is 18.7 Å². The maximum absolute atomic E-state index is 14.1. The molecule has 2 heterocycles. The van der Waals surface area contributed by atoms with Gasteiger partial charge in [0.1, 0.15) is 17.2 Å². The Bertz CT molecular complexity index is 988. The van der Waals surface area contributed by atoms with Crippen LogP contribution in [0.1, 0.15) is 24.2 Å². The number of nitrogens with zero attached hydrogens (tertiary/aromatic N) is 3. The van der Waals surface area contributed by atoms with Crippen molar-refractivity contribution < 1.29 is 13.9 Å². The van der Waals surface area contributed by atoms with E-state index in [-0.39, 0.29) is 22.8 Å². The van der Waals surface area contributed by atoms with Crippen LogP contribution in [0.4, 0.5) is 15.9 Å². The molecule has 0 saturated heterocycles.